The molecule has 140 valence electrons. The quantitative estimate of drug-likeness (QED) is 0.757. The second-order valence-corrected chi connectivity index (χ2v) is 6.76. The van der Waals surface area contributed by atoms with Crippen LogP contribution in [0, 0.1) is 0 Å². The van der Waals surface area contributed by atoms with Crippen LogP contribution in [0.5, 0.6) is 5.75 Å². The number of allylic oxidation sites excluding steroid dienone is 2. The van der Waals surface area contributed by atoms with Crippen molar-refractivity contribution in [3.05, 3.63) is 64.3 Å². The third-order valence-electron chi connectivity index (χ3n) is 4.57. The van der Waals surface area contributed by atoms with Crippen LogP contribution in [0.3, 0.4) is 0 Å². The molecular formula is C21H21ClN2O3. The predicted octanol–water partition coefficient (Wildman–Crippen LogP) is 5.04. The van der Waals surface area contributed by atoms with E-state index < -0.39 is 0 Å². The van der Waals surface area contributed by atoms with Crippen molar-refractivity contribution in [1.82, 2.24) is 0 Å². The molecule has 2 aromatic carbocycles. The standard InChI is InChI=1S/C21H21ClN2O3/c1-13-16(7-5-8-19(13)25)23-17-11-10-14(12-15(17)22)21(26)24-18-6-3-4-9-20(18)27-2/h3-4,6,9-12,23H,5,7-8H2,1-2H3,(H,24,26). The van der Waals surface area contributed by atoms with Gasteiger partial charge >= 0.3 is 0 Å². The molecule has 0 heterocycles. The number of Topliss-reactive ketones (excluding diaryl/α,β-unsaturated/α-hetero) is 1. The van der Waals surface area contributed by atoms with Crippen LogP contribution in [0.4, 0.5) is 11.4 Å². The molecule has 0 spiro atoms. The highest BCUT2D eigenvalue weighted by Gasteiger charge is 2.18. The first-order valence-corrected chi connectivity index (χ1v) is 9.11. The average molecular weight is 385 g/mol. The van der Waals surface area contributed by atoms with Crippen LogP contribution in [0.1, 0.15) is 36.5 Å². The monoisotopic (exact) mass is 384 g/mol. The minimum absolute atomic E-state index is 0.160. The number of hydrogen-bond donors (Lipinski definition) is 2. The van der Waals surface area contributed by atoms with Crippen molar-refractivity contribution in [2.24, 2.45) is 0 Å². The van der Waals surface area contributed by atoms with Crippen LogP contribution in [-0.2, 0) is 4.79 Å². The van der Waals surface area contributed by atoms with Gasteiger partial charge in [-0.3, -0.25) is 9.59 Å². The minimum Gasteiger partial charge on any atom is -0.495 e. The lowest BCUT2D eigenvalue weighted by atomic mass is 9.96. The summed E-state index contributed by atoms with van der Waals surface area (Å²) in [6.07, 6.45) is 2.23. The van der Waals surface area contributed by atoms with Crippen LogP contribution in [0.2, 0.25) is 5.02 Å². The molecule has 6 heteroatoms. The van der Waals surface area contributed by atoms with Gasteiger partial charge in [0.25, 0.3) is 5.91 Å². The molecule has 1 aliphatic carbocycles. The summed E-state index contributed by atoms with van der Waals surface area (Å²) in [5.41, 5.74) is 3.33. The maximum atomic E-state index is 12.5. The number of para-hydroxylation sites is 2. The number of methoxy groups -OCH3 is 1. The second-order valence-electron chi connectivity index (χ2n) is 6.35. The van der Waals surface area contributed by atoms with Crippen molar-refractivity contribution in [3.8, 4) is 5.75 Å². The van der Waals surface area contributed by atoms with Crippen LogP contribution in [0.25, 0.3) is 0 Å². The Kier molecular flexibility index (Phi) is 5.81. The lowest BCUT2D eigenvalue weighted by molar-refractivity contribution is -0.116. The van der Waals surface area contributed by atoms with E-state index in [-0.39, 0.29) is 11.7 Å². The van der Waals surface area contributed by atoms with Crippen LogP contribution in [0.15, 0.2) is 53.7 Å². The van der Waals surface area contributed by atoms with Crippen LogP contribution < -0.4 is 15.4 Å². The number of ketones is 1. The summed E-state index contributed by atoms with van der Waals surface area (Å²) in [5, 5.41) is 6.48. The molecule has 2 N–H and O–H groups in total. The first-order chi connectivity index (χ1) is 13.0. The van der Waals surface area contributed by atoms with E-state index in [4.69, 9.17) is 16.3 Å². The lowest BCUT2D eigenvalue weighted by Crippen LogP contribution is -2.15. The van der Waals surface area contributed by atoms with Gasteiger partial charge in [-0.25, -0.2) is 0 Å². The highest BCUT2D eigenvalue weighted by atomic mass is 35.5. The summed E-state index contributed by atoms with van der Waals surface area (Å²) in [7, 11) is 1.55. The van der Waals surface area contributed by atoms with Gasteiger partial charge in [-0.15, -0.1) is 0 Å². The van der Waals surface area contributed by atoms with Gasteiger partial charge in [-0.2, -0.15) is 0 Å². The highest BCUT2D eigenvalue weighted by Crippen LogP contribution is 2.30. The maximum Gasteiger partial charge on any atom is 0.255 e. The van der Waals surface area contributed by atoms with Gasteiger partial charge in [0, 0.05) is 23.3 Å². The Morgan fingerprint density at radius 1 is 1.11 bits per heavy atom. The van der Waals surface area contributed by atoms with Crippen molar-refractivity contribution < 1.29 is 14.3 Å². The van der Waals surface area contributed by atoms with Crippen molar-refractivity contribution in [2.75, 3.05) is 17.7 Å². The van der Waals surface area contributed by atoms with Gasteiger partial charge in [0.2, 0.25) is 0 Å². The zero-order valence-corrected chi connectivity index (χ0v) is 16.0. The van der Waals surface area contributed by atoms with Crippen molar-refractivity contribution >= 4 is 34.7 Å². The van der Waals surface area contributed by atoms with E-state index in [9.17, 15) is 9.59 Å². The van der Waals surface area contributed by atoms with Crippen molar-refractivity contribution in [2.45, 2.75) is 26.2 Å². The number of benzene rings is 2. The zero-order valence-electron chi connectivity index (χ0n) is 15.3. The number of amides is 1. The fraction of sp³-hybridized carbons (Fsp3) is 0.238. The van der Waals surface area contributed by atoms with Gasteiger partial charge in [0.05, 0.1) is 23.5 Å². The van der Waals surface area contributed by atoms with Crippen molar-refractivity contribution in [3.63, 3.8) is 0 Å². The molecule has 0 bridgehead atoms. The normalized spacial score (nSPS) is 14.1. The molecule has 0 aliphatic heterocycles. The molecule has 0 radical (unpaired) electrons. The van der Waals surface area contributed by atoms with Gasteiger partial charge in [-0.1, -0.05) is 23.7 Å². The lowest BCUT2D eigenvalue weighted by Gasteiger charge is -2.19. The Bertz CT molecular complexity index is 921. The van der Waals surface area contributed by atoms with E-state index >= 15 is 0 Å². The molecule has 0 saturated carbocycles. The number of hydrogen-bond acceptors (Lipinski definition) is 4. The molecule has 0 fully saturated rings. The minimum atomic E-state index is -0.281. The SMILES string of the molecule is COc1ccccc1NC(=O)c1ccc(NC2=C(C)C(=O)CCC2)c(Cl)c1. The molecule has 27 heavy (non-hydrogen) atoms. The molecule has 0 saturated heterocycles. The van der Waals surface area contributed by atoms with Crippen LogP contribution in [-0.4, -0.2) is 18.8 Å². The number of halogens is 1. The summed E-state index contributed by atoms with van der Waals surface area (Å²) in [5.74, 6) is 0.462. The van der Waals surface area contributed by atoms with Crippen molar-refractivity contribution in [1.29, 1.82) is 0 Å². The Balaban J connectivity index is 1.77. The first-order valence-electron chi connectivity index (χ1n) is 8.73. The fourth-order valence-corrected chi connectivity index (χ4v) is 3.22. The topological polar surface area (TPSA) is 67.4 Å². The third-order valence-corrected chi connectivity index (χ3v) is 4.89. The molecule has 3 rings (SSSR count). The largest absolute Gasteiger partial charge is 0.495 e. The first kappa shape index (κ1) is 19.0. The second kappa shape index (κ2) is 8.27. The number of anilines is 2. The number of rotatable bonds is 5. The van der Waals surface area contributed by atoms with E-state index in [1.165, 1.54) is 0 Å². The Morgan fingerprint density at radius 3 is 2.63 bits per heavy atom. The summed E-state index contributed by atoms with van der Waals surface area (Å²) >= 11 is 6.36. The van der Waals surface area contributed by atoms with E-state index in [2.05, 4.69) is 10.6 Å². The van der Waals surface area contributed by atoms with Gasteiger partial charge in [-0.05, 0) is 50.1 Å². The summed E-state index contributed by atoms with van der Waals surface area (Å²) < 4.78 is 5.24. The number of ether oxygens (including phenoxy) is 1. The van der Waals surface area contributed by atoms with Crippen LogP contribution >= 0.6 is 11.6 Å². The van der Waals surface area contributed by atoms with Gasteiger partial charge in [0.1, 0.15) is 5.75 Å². The molecule has 0 atom stereocenters. The molecule has 2 aromatic rings. The number of carbonyl (C=O) groups excluding carboxylic acids is 2. The average Bonchev–Trinajstić information content (AvgIpc) is 2.67. The van der Waals surface area contributed by atoms with Gasteiger partial charge in [0.15, 0.2) is 5.78 Å². The predicted molar refractivity (Wildman–Crippen MR) is 108 cm³/mol. The van der Waals surface area contributed by atoms with E-state index in [0.717, 1.165) is 24.1 Å². The smallest absolute Gasteiger partial charge is 0.255 e. The molecule has 0 unspecified atom stereocenters. The molecule has 0 aromatic heterocycles. The van der Waals surface area contributed by atoms with E-state index in [0.29, 0.717) is 34.1 Å². The zero-order chi connectivity index (χ0) is 19.4. The number of nitrogens with one attached hydrogen (secondary N) is 2. The maximum absolute atomic E-state index is 12.5. The van der Waals surface area contributed by atoms with E-state index in [1.807, 2.05) is 19.1 Å². The Labute approximate surface area is 163 Å². The molecule has 5 nitrogen and oxygen atoms in total. The Hall–Kier alpha value is -2.79. The third kappa shape index (κ3) is 4.31. The summed E-state index contributed by atoms with van der Waals surface area (Å²) in [6, 6.07) is 12.2. The highest BCUT2D eigenvalue weighted by molar-refractivity contribution is 6.33. The number of carbonyl (C=O) groups is 2. The molecule has 1 aliphatic rings. The molecule has 1 amide bonds. The summed E-state index contributed by atoms with van der Waals surface area (Å²) in [6.45, 7) is 1.83. The molecular weight excluding hydrogens is 364 g/mol. The Morgan fingerprint density at radius 2 is 1.89 bits per heavy atom. The summed E-state index contributed by atoms with van der Waals surface area (Å²) in [4.78, 5) is 24.4. The fourth-order valence-electron chi connectivity index (χ4n) is 2.99. The van der Waals surface area contributed by atoms with Gasteiger partial charge < -0.3 is 15.4 Å². The van der Waals surface area contributed by atoms with E-state index in [1.54, 1.807) is 37.4 Å².